The van der Waals surface area contributed by atoms with Gasteiger partial charge in [-0.15, -0.1) is 0 Å². The number of likely N-dealkylation sites (tertiary alicyclic amines) is 1. The van der Waals surface area contributed by atoms with E-state index in [1.807, 2.05) is 0 Å². The normalized spacial score (nSPS) is 20.8. The minimum absolute atomic E-state index is 0.146. The Hall–Kier alpha value is -1.08. The molecule has 1 aliphatic rings. The summed E-state index contributed by atoms with van der Waals surface area (Å²) in [7, 11) is -3.47. The van der Waals surface area contributed by atoms with Crippen LogP contribution in [0.25, 0.3) is 0 Å². The van der Waals surface area contributed by atoms with E-state index in [1.165, 1.54) is 11.0 Å². The highest BCUT2D eigenvalue weighted by atomic mass is 32.2. The first-order valence-electron chi connectivity index (χ1n) is 4.83. The third-order valence-electron chi connectivity index (χ3n) is 2.04. The van der Waals surface area contributed by atoms with E-state index < -0.39 is 22.3 Å². The van der Waals surface area contributed by atoms with Crippen molar-refractivity contribution in [2.45, 2.75) is 12.5 Å². The number of amides is 1. The lowest BCUT2D eigenvalue weighted by Gasteiger charge is -2.15. The molecule has 7 heteroatoms. The minimum Gasteiger partial charge on any atom is -0.445 e. The molecule has 0 spiro atoms. The van der Waals surface area contributed by atoms with Gasteiger partial charge in [0.05, 0.1) is 18.9 Å². The first-order valence-corrected chi connectivity index (χ1v) is 6.65. The lowest BCUT2D eigenvalue weighted by Crippen LogP contribution is -2.31. The van der Waals surface area contributed by atoms with Gasteiger partial charge in [0.1, 0.15) is 6.61 Å². The summed E-state index contributed by atoms with van der Waals surface area (Å²) in [6.07, 6.45) is 2.02. The van der Waals surface area contributed by atoms with Crippen LogP contribution >= 0.6 is 0 Å². The van der Waals surface area contributed by atoms with Gasteiger partial charge in [-0.25, -0.2) is 4.79 Å². The molecule has 1 rings (SSSR count). The molecule has 0 bridgehead atoms. The van der Waals surface area contributed by atoms with Gasteiger partial charge in [-0.05, 0) is 6.42 Å². The SMILES string of the molecule is C=CCOC(=O)N1CC[C@@H](OS(C)(=O)=O)C1. The lowest BCUT2D eigenvalue weighted by molar-refractivity contribution is 0.115. The average molecular weight is 249 g/mol. The number of carbonyl (C=O) groups is 1. The van der Waals surface area contributed by atoms with Crippen LogP contribution in [0.15, 0.2) is 12.7 Å². The molecule has 0 aromatic heterocycles. The van der Waals surface area contributed by atoms with Crippen molar-refractivity contribution in [1.29, 1.82) is 0 Å². The Labute approximate surface area is 94.9 Å². The fourth-order valence-corrected chi connectivity index (χ4v) is 2.09. The fraction of sp³-hybridized carbons (Fsp3) is 0.667. The van der Waals surface area contributed by atoms with Crippen LogP contribution < -0.4 is 0 Å². The summed E-state index contributed by atoms with van der Waals surface area (Å²) >= 11 is 0. The van der Waals surface area contributed by atoms with Crippen LogP contribution in [0.1, 0.15) is 6.42 Å². The highest BCUT2D eigenvalue weighted by Crippen LogP contribution is 2.15. The van der Waals surface area contributed by atoms with Crippen molar-refractivity contribution in [3.05, 3.63) is 12.7 Å². The van der Waals surface area contributed by atoms with Crippen LogP contribution in [0, 0.1) is 0 Å². The van der Waals surface area contributed by atoms with Crippen LogP contribution in [-0.4, -0.2) is 51.5 Å². The molecule has 0 saturated carbocycles. The zero-order chi connectivity index (χ0) is 12.2. The monoisotopic (exact) mass is 249 g/mol. The Morgan fingerprint density at radius 2 is 2.31 bits per heavy atom. The molecule has 6 nitrogen and oxygen atoms in total. The number of carbonyl (C=O) groups excluding carboxylic acids is 1. The zero-order valence-electron chi connectivity index (χ0n) is 9.09. The van der Waals surface area contributed by atoms with Gasteiger partial charge in [-0.1, -0.05) is 12.7 Å². The maximum Gasteiger partial charge on any atom is 0.410 e. The van der Waals surface area contributed by atoms with Crippen LogP contribution in [-0.2, 0) is 19.0 Å². The summed E-state index contributed by atoms with van der Waals surface area (Å²) in [6, 6.07) is 0. The minimum atomic E-state index is -3.47. The predicted molar refractivity (Wildman–Crippen MR) is 57.5 cm³/mol. The third kappa shape index (κ3) is 4.19. The summed E-state index contributed by atoms with van der Waals surface area (Å²) < 4.78 is 31.3. The molecule has 1 atom stereocenters. The van der Waals surface area contributed by atoms with Gasteiger partial charge in [-0.2, -0.15) is 8.42 Å². The van der Waals surface area contributed by atoms with Gasteiger partial charge in [0.2, 0.25) is 0 Å². The summed E-state index contributed by atoms with van der Waals surface area (Å²) in [6.45, 7) is 4.25. The maximum atomic E-state index is 11.4. The molecular formula is C9H15NO5S. The Balaban J connectivity index is 2.40. The molecule has 0 aliphatic carbocycles. The molecule has 0 N–H and O–H groups in total. The number of hydrogen-bond acceptors (Lipinski definition) is 5. The lowest BCUT2D eigenvalue weighted by atomic mass is 10.3. The quantitative estimate of drug-likeness (QED) is 0.531. The molecule has 1 amide bonds. The van der Waals surface area contributed by atoms with Crippen molar-refractivity contribution in [3.8, 4) is 0 Å². The maximum absolute atomic E-state index is 11.4. The van der Waals surface area contributed by atoms with Crippen molar-refractivity contribution >= 4 is 16.2 Å². The Morgan fingerprint density at radius 3 is 2.88 bits per heavy atom. The molecular weight excluding hydrogens is 234 g/mol. The summed E-state index contributed by atoms with van der Waals surface area (Å²) in [5.41, 5.74) is 0. The van der Waals surface area contributed by atoms with Gasteiger partial charge < -0.3 is 9.64 Å². The van der Waals surface area contributed by atoms with E-state index >= 15 is 0 Å². The highest BCUT2D eigenvalue weighted by molar-refractivity contribution is 7.86. The highest BCUT2D eigenvalue weighted by Gasteiger charge is 2.29. The summed E-state index contributed by atoms with van der Waals surface area (Å²) in [5, 5.41) is 0. The predicted octanol–water partition coefficient (Wildman–Crippen LogP) is 0.359. The van der Waals surface area contributed by atoms with E-state index in [2.05, 4.69) is 6.58 Å². The molecule has 1 aliphatic heterocycles. The summed E-state index contributed by atoms with van der Waals surface area (Å²) in [4.78, 5) is 12.8. The third-order valence-corrected chi connectivity index (χ3v) is 2.66. The number of nitrogens with zero attached hydrogens (tertiary/aromatic N) is 1. The van der Waals surface area contributed by atoms with Crippen LogP contribution in [0.3, 0.4) is 0 Å². The number of hydrogen-bond donors (Lipinski definition) is 0. The molecule has 16 heavy (non-hydrogen) atoms. The van der Waals surface area contributed by atoms with E-state index in [0.29, 0.717) is 13.0 Å². The fourth-order valence-electron chi connectivity index (χ4n) is 1.44. The van der Waals surface area contributed by atoms with E-state index in [4.69, 9.17) is 8.92 Å². The van der Waals surface area contributed by atoms with E-state index in [9.17, 15) is 13.2 Å². The van der Waals surface area contributed by atoms with E-state index in [0.717, 1.165) is 6.26 Å². The van der Waals surface area contributed by atoms with Gasteiger partial charge in [0.25, 0.3) is 10.1 Å². The van der Waals surface area contributed by atoms with Crippen molar-refractivity contribution in [1.82, 2.24) is 4.90 Å². The van der Waals surface area contributed by atoms with Gasteiger partial charge in [0.15, 0.2) is 0 Å². The van der Waals surface area contributed by atoms with Gasteiger partial charge in [0, 0.05) is 6.54 Å². The smallest absolute Gasteiger partial charge is 0.410 e. The van der Waals surface area contributed by atoms with Crippen LogP contribution in [0.5, 0.6) is 0 Å². The molecule has 0 radical (unpaired) electrons. The molecule has 1 fully saturated rings. The summed E-state index contributed by atoms with van der Waals surface area (Å²) in [5.74, 6) is 0. The first kappa shape index (κ1) is 13.0. The van der Waals surface area contributed by atoms with E-state index in [1.54, 1.807) is 0 Å². The number of ether oxygens (including phenoxy) is 1. The molecule has 0 aromatic rings. The second-order valence-electron chi connectivity index (χ2n) is 3.52. The van der Waals surface area contributed by atoms with Gasteiger partial charge in [-0.3, -0.25) is 4.18 Å². The van der Waals surface area contributed by atoms with Crippen LogP contribution in [0.2, 0.25) is 0 Å². The Kier molecular flexibility index (Phi) is 4.31. The van der Waals surface area contributed by atoms with Crippen LogP contribution in [0.4, 0.5) is 4.79 Å². The van der Waals surface area contributed by atoms with Crippen molar-refractivity contribution in [3.63, 3.8) is 0 Å². The first-order chi connectivity index (χ1) is 7.42. The molecule has 0 unspecified atom stereocenters. The zero-order valence-corrected chi connectivity index (χ0v) is 9.90. The molecule has 92 valence electrons. The van der Waals surface area contributed by atoms with E-state index in [-0.39, 0.29) is 13.2 Å². The van der Waals surface area contributed by atoms with Crippen molar-refractivity contribution < 1.29 is 22.1 Å². The molecule has 1 heterocycles. The van der Waals surface area contributed by atoms with Crippen molar-refractivity contribution in [2.75, 3.05) is 26.0 Å². The Morgan fingerprint density at radius 1 is 1.62 bits per heavy atom. The molecule has 1 saturated heterocycles. The topological polar surface area (TPSA) is 72.9 Å². The second kappa shape index (κ2) is 5.31. The van der Waals surface area contributed by atoms with Crippen molar-refractivity contribution in [2.24, 2.45) is 0 Å². The Bertz CT molecular complexity index is 364. The number of rotatable bonds is 4. The van der Waals surface area contributed by atoms with Gasteiger partial charge >= 0.3 is 6.09 Å². The largest absolute Gasteiger partial charge is 0.445 e. The molecule has 0 aromatic carbocycles. The average Bonchev–Trinajstić information content (AvgIpc) is 2.59. The second-order valence-corrected chi connectivity index (χ2v) is 5.12. The standard InChI is InChI=1S/C9H15NO5S/c1-3-6-14-9(11)10-5-4-8(7-10)15-16(2,12)13/h3,8H,1,4-7H2,2H3/t8-/m1/s1.